The molecular weight excluding hydrogens is 368 g/mol. The Hall–Kier alpha value is -0.810. The number of carbonyl (C=O) groups is 1. The van der Waals surface area contributed by atoms with E-state index in [9.17, 15) is 4.79 Å². The number of furan rings is 1. The maximum absolute atomic E-state index is 12.8. The van der Waals surface area contributed by atoms with Crippen LogP contribution < -0.4 is 5.32 Å². The molecule has 1 amide bonds. The van der Waals surface area contributed by atoms with Crippen LogP contribution in [0.5, 0.6) is 0 Å². The predicted octanol–water partition coefficient (Wildman–Crippen LogP) is 4.74. The minimum absolute atomic E-state index is 0.0409. The second-order valence-electron chi connectivity index (χ2n) is 7.41. The summed E-state index contributed by atoms with van der Waals surface area (Å²) >= 11 is 3.29. The molecule has 0 spiro atoms. The van der Waals surface area contributed by atoms with Gasteiger partial charge in [-0.25, -0.2) is 0 Å². The average molecular weight is 397 g/mol. The Morgan fingerprint density at radius 2 is 2.12 bits per heavy atom. The molecule has 1 N–H and O–H groups in total. The highest BCUT2D eigenvalue weighted by Crippen LogP contribution is 2.37. The van der Waals surface area contributed by atoms with E-state index in [-0.39, 0.29) is 11.4 Å². The van der Waals surface area contributed by atoms with Crippen molar-refractivity contribution in [1.29, 1.82) is 0 Å². The van der Waals surface area contributed by atoms with Gasteiger partial charge in [-0.05, 0) is 53.9 Å². The van der Waals surface area contributed by atoms with Gasteiger partial charge >= 0.3 is 0 Å². The van der Waals surface area contributed by atoms with Gasteiger partial charge in [-0.3, -0.25) is 4.79 Å². The molecule has 0 radical (unpaired) electrons. The Labute approximate surface area is 153 Å². The lowest BCUT2D eigenvalue weighted by Crippen LogP contribution is -2.49. The Balaban J connectivity index is 1.55. The Morgan fingerprint density at radius 1 is 1.33 bits per heavy atom. The van der Waals surface area contributed by atoms with E-state index in [0.29, 0.717) is 16.5 Å². The van der Waals surface area contributed by atoms with Gasteiger partial charge in [0.05, 0.1) is 0 Å². The molecule has 2 saturated heterocycles. The van der Waals surface area contributed by atoms with Crippen LogP contribution >= 0.6 is 15.9 Å². The molecule has 0 aromatic carbocycles. The van der Waals surface area contributed by atoms with Gasteiger partial charge in [0, 0.05) is 18.1 Å². The number of nitrogens with zero attached hydrogens (tertiary/aromatic N) is 1. The van der Waals surface area contributed by atoms with E-state index in [1.165, 1.54) is 44.9 Å². The van der Waals surface area contributed by atoms with Crippen molar-refractivity contribution in [2.75, 3.05) is 13.1 Å². The van der Waals surface area contributed by atoms with Gasteiger partial charge in [-0.15, -0.1) is 0 Å². The Kier molecular flexibility index (Phi) is 6.03. The number of hydrogen-bond acceptors (Lipinski definition) is 3. The monoisotopic (exact) mass is 396 g/mol. The van der Waals surface area contributed by atoms with Gasteiger partial charge in [-0.1, -0.05) is 45.4 Å². The molecular formula is C19H29BrN2O2. The molecule has 4 nitrogen and oxygen atoms in total. The van der Waals surface area contributed by atoms with Crippen molar-refractivity contribution >= 4 is 21.8 Å². The normalized spacial score (nSPS) is 26.1. The van der Waals surface area contributed by atoms with Crippen molar-refractivity contribution in [3.05, 3.63) is 22.6 Å². The molecule has 2 fully saturated rings. The zero-order valence-electron chi connectivity index (χ0n) is 14.7. The smallest absolute Gasteiger partial charge is 0.289 e. The molecule has 2 aliphatic rings. The van der Waals surface area contributed by atoms with Crippen molar-refractivity contribution in [3.63, 3.8) is 0 Å². The van der Waals surface area contributed by atoms with Crippen LogP contribution in [-0.4, -0.2) is 35.5 Å². The van der Waals surface area contributed by atoms with Crippen LogP contribution in [0.25, 0.3) is 0 Å². The summed E-state index contributed by atoms with van der Waals surface area (Å²) in [6, 6.07) is 3.92. The third-order valence-corrected chi connectivity index (χ3v) is 6.00. The standard InChI is InChI=1S/C19H29BrN2O2/c1-2-3-4-5-6-7-11-19-13-15(10-12-21-19)22(14-19)18(23)16-8-9-17(20)24-16/h8-9,15,21H,2-7,10-14H2,1H3. The van der Waals surface area contributed by atoms with Crippen LogP contribution in [0.4, 0.5) is 0 Å². The number of nitrogens with one attached hydrogen (secondary N) is 1. The lowest BCUT2D eigenvalue weighted by atomic mass is 9.86. The van der Waals surface area contributed by atoms with Crippen molar-refractivity contribution in [2.45, 2.75) is 76.3 Å². The molecule has 2 unspecified atom stereocenters. The van der Waals surface area contributed by atoms with Crippen LogP contribution in [0, 0.1) is 0 Å². The number of amides is 1. The average Bonchev–Trinajstić information content (AvgIpc) is 3.12. The van der Waals surface area contributed by atoms with E-state index in [1.54, 1.807) is 12.1 Å². The number of carbonyl (C=O) groups excluding carboxylic acids is 1. The molecule has 2 aliphatic heterocycles. The SMILES string of the molecule is CCCCCCCCC12CC(CCN1)N(C(=O)c1ccc(Br)o1)C2. The fraction of sp³-hybridized carbons (Fsp3) is 0.737. The van der Waals surface area contributed by atoms with E-state index >= 15 is 0 Å². The van der Waals surface area contributed by atoms with E-state index in [2.05, 4.69) is 28.2 Å². The van der Waals surface area contributed by atoms with Crippen molar-refractivity contribution < 1.29 is 9.21 Å². The number of unbranched alkanes of at least 4 members (excludes halogenated alkanes) is 5. The van der Waals surface area contributed by atoms with Gasteiger partial charge in [0.25, 0.3) is 5.91 Å². The van der Waals surface area contributed by atoms with Gasteiger partial charge in [0.2, 0.25) is 0 Å². The molecule has 2 atom stereocenters. The lowest BCUT2D eigenvalue weighted by Gasteiger charge is -2.33. The number of likely N-dealkylation sites (tertiary alicyclic amines) is 1. The number of fused-ring (bicyclic) bond motifs is 2. The first-order chi connectivity index (χ1) is 11.6. The highest BCUT2D eigenvalue weighted by atomic mass is 79.9. The summed E-state index contributed by atoms with van der Waals surface area (Å²) in [5.74, 6) is 0.489. The van der Waals surface area contributed by atoms with Crippen LogP contribution in [-0.2, 0) is 0 Å². The molecule has 1 aromatic rings. The lowest BCUT2D eigenvalue weighted by molar-refractivity contribution is 0.0699. The molecule has 0 saturated carbocycles. The second-order valence-corrected chi connectivity index (χ2v) is 8.19. The van der Waals surface area contributed by atoms with Gasteiger partial charge in [0.1, 0.15) is 0 Å². The summed E-state index contributed by atoms with van der Waals surface area (Å²) in [6.07, 6.45) is 11.3. The van der Waals surface area contributed by atoms with Crippen LogP contribution in [0.1, 0.15) is 75.3 Å². The largest absolute Gasteiger partial charge is 0.444 e. The van der Waals surface area contributed by atoms with Gasteiger partial charge < -0.3 is 14.6 Å². The molecule has 2 bridgehead atoms. The molecule has 0 aliphatic carbocycles. The first kappa shape index (κ1) is 18.0. The fourth-order valence-electron chi connectivity index (χ4n) is 4.29. The van der Waals surface area contributed by atoms with E-state index < -0.39 is 0 Å². The minimum atomic E-state index is 0.0409. The quantitative estimate of drug-likeness (QED) is 0.645. The van der Waals surface area contributed by atoms with E-state index in [4.69, 9.17) is 4.42 Å². The summed E-state index contributed by atoms with van der Waals surface area (Å²) in [5, 5.41) is 3.73. The summed E-state index contributed by atoms with van der Waals surface area (Å²) < 4.78 is 6.10. The van der Waals surface area contributed by atoms with Crippen molar-refractivity contribution in [1.82, 2.24) is 10.2 Å². The maximum atomic E-state index is 12.8. The van der Waals surface area contributed by atoms with E-state index in [0.717, 1.165) is 25.9 Å². The number of hydrogen-bond donors (Lipinski definition) is 1. The van der Waals surface area contributed by atoms with E-state index in [1.807, 2.05) is 4.90 Å². The van der Waals surface area contributed by atoms with Crippen molar-refractivity contribution in [3.8, 4) is 0 Å². The van der Waals surface area contributed by atoms with Gasteiger partial charge in [-0.2, -0.15) is 0 Å². The zero-order chi connectivity index (χ0) is 17.0. The summed E-state index contributed by atoms with van der Waals surface area (Å²) in [7, 11) is 0. The molecule has 24 heavy (non-hydrogen) atoms. The first-order valence-corrected chi connectivity index (χ1v) is 10.2. The molecule has 1 aromatic heterocycles. The molecule has 134 valence electrons. The summed E-state index contributed by atoms with van der Waals surface area (Å²) in [4.78, 5) is 14.8. The highest BCUT2D eigenvalue weighted by Gasteiger charge is 2.48. The van der Waals surface area contributed by atoms with Crippen molar-refractivity contribution in [2.24, 2.45) is 0 Å². The minimum Gasteiger partial charge on any atom is -0.444 e. The summed E-state index contributed by atoms with van der Waals surface area (Å²) in [5.41, 5.74) is 0.132. The van der Waals surface area contributed by atoms with Crippen LogP contribution in [0.2, 0.25) is 0 Å². The maximum Gasteiger partial charge on any atom is 0.289 e. The van der Waals surface area contributed by atoms with Gasteiger partial charge in [0.15, 0.2) is 10.4 Å². The topological polar surface area (TPSA) is 45.5 Å². The molecule has 3 rings (SSSR count). The summed E-state index contributed by atoms with van der Waals surface area (Å²) in [6.45, 7) is 4.10. The number of halogens is 1. The second kappa shape index (κ2) is 8.05. The highest BCUT2D eigenvalue weighted by molar-refractivity contribution is 9.10. The Morgan fingerprint density at radius 3 is 2.88 bits per heavy atom. The third-order valence-electron chi connectivity index (χ3n) is 5.57. The molecule has 3 heterocycles. The predicted molar refractivity (Wildman–Crippen MR) is 99.2 cm³/mol. The third kappa shape index (κ3) is 4.05. The first-order valence-electron chi connectivity index (χ1n) is 9.45. The fourth-order valence-corrected chi connectivity index (χ4v) is 4.60. The zero-order valence-corrected chi connectivity index (χ0v) is 16.2. The number of piperidine rings is 1. The van der Waals surface area contributed by atoms with Crippen LogP contribution in [0.15, 0.2) is 21.2 Å². The number of rotatable bonds is 8. The Bertz CT molecular complexity index is 559. The van der Waals surface area contributed by atoms with Crippen LogP contribution in [0.3, 0.4) is 0 Å². The molecule has 5 heteroatoms.